The fourth-order valence-corrected chi connectivity index (χ4v) is 1.50. The van der Waals surface area contributed by atoms with Gasteiger partial charge in [-0.1, -0.05) is 19.9 Å². The van der Waals surface area contributed by atoms with Gasteiger partial charge in [-0.25, -0.2) is 4.79 Å². The van der Waals surface area contributed by atoms with Gasteiger partial charge in [-0.2, -0.15) is 0 Å². The van der Waals surface area contributed by atoms with Gasteiger partial charge in [-0.15, -0.1) is 0 Å². The summed E-state index contributed by atoms with van der Waals surface area (Å²) in [5, 5.41) is 5.44. The molecule has 1 aromatic carbocycles. The quantitative estimate of drug-likeness (QED) is 0.713. The van der Waals surface area contributed by atoms with Crippen LogP contribution in [0.25, 0.3) is 0 Å². The highest BCUT2D eigenvalue weighted by Crippen LogP contribution is 2.12. The standard InChI is InChI=1S/C14H22N4O2/c1-10(2)8-16-13(19)9-18(3)14(20)17-12-6-4-5-11(15)7-12/h4-7,10H,8-9,15H2,1-3H3,(H,16,19)(H,17,20). The van der Waals surface area contributed by atoms with Gasteiger partial charge in [-0.05, 0) is 24.1 Å². The van der Waals surface area contributed by atoms with E-state index in [1.54, 1.807) is 31.3 Å². The Labute approximate surface area is 119 Å². The summed E-state index contributed by atoms with van der Waals surface area (Å²) < 4.78 is 0. The normalized spacial score (nSPS) is 10.2. The van der Waals surface area contributed by atoms with Gasteiger partial charge >= 0.3 is 6.03 Å². The Kier molecular flexibility index (Phi) is 5.83. The van der Waals surface area contributed by atoms with Crippen LogP contribution in [0.5, 0.6) is 0 Å². The summed E-state index contributed by atoms with van der Waals surface area (Å²) in [6.45, 7) is 4.64. The molecule has 110 valence electrons. The van der Waals surface area contributed by atoms with Crippen molar-refractivity contribution >= 4 is 23.3 Å². The average Bonchev–Trinajstić information content (AvgIpc) is 2.36. The Morgan fingerprint density at radius 2 is 2.05 bits per heavy atom. The van der Waals surface area contributed by atoms with Crippen LogP contribution in [0.2, 0.25) is 0 Å². The molecule has 0 atom stereocenters. The second-order valence-electron chi connectivity index (χ2n) is 5.11. The number of hydrogen-bond acceptors (Lipinski definition) is 3. The molecule has 0 aliphatic carbocycles. The Balaban J connectivity index is 2.45. The zero-order valence-electron chi connectivity index (χ0n) is 12.1. The third kappa shape index (κ3) is 5.60. The van der Waals surface area contributed by atoms with E-state index in [2.05, 4.69) is 10.6 Å². The smallest absolute Gasteiger partial charge is 0.322 e. The monoisotopic (exact) mass is 278 g/mol. The summed E-state index contributed by atoms with van der Waals surface area (Å²) in [7, 11) is 1.57. The van der Waals surface area contributed by atoms with Crippen molar-refractivity contribution in [1.29, 1.82) is 0 Å². The molecule has 0 saturated heterocycles. The van der Waals surface area contributed by atoms with Gasteiger partial charge in [0.25, 0.3) is 0 Å². The van der Waals surface area contributed by atoms with Crippen molar-refractivity contribution in [3.8, 4) is 0 Å². The lowest BCUT2D eigenvalue weighted by Gasteiger charge is -2.18. The third-order valence-corrected chi connectivity index (χ3v) is 2.57. The van der Waals surface area contributed by atoms with Gasteiger partial charge < -0.3 is 21.3 Å². The number of nitrogens with zero attached hydrogens (tertiary/aromatic N) is 1. The molecule has 1 aromatic rings. The van der Waals surface area contributed by atoms with Crippen LogP contribution in [0.1, 0.15) is 13.8 Å². The molecule has 6 heteroatoms. The number of urea groups is 1. The summed E-state index contributed by atoms with van der Waals surface area (Å²) in [5.74, 6) is 0.203. The van der Waals surface area contributed by atoms with Crippen LogP contribution in [0.3, 0.4) is 0 Å². The zero-order chi connectivity index (χ0) is 15.1. The lowest BCUT2D eigenvalue weighted by atomic mass is 10.2. The van der Waals surface area contributed by atoms with Crippen molar-refractivity contribution in [3.05, 3.63) is 24.3 Å². The minimum absolute atomic E-state index is 0.0148. The molecular weight excluding hydrogens is 256 g/mol. The average molecular weight is 278 g/mol. The predicted molar refractivity (Wildman–Crippen MR) is 80.4 cm³/mol. The molecular formula is C14H22N4O2. The van der Waals surface area contributed by atoms with Crippen LogP contribution in [-0.2, 0) is 4.79 Å². The summed E-state index contributed by atoms with van der Waals surface area (Å²) in [6, 6.07) is 6.53. The summed E-state index contributed by atoms with van der Waals surface area (Å²) in [6.07, 6.45) is 0. The largest absolute Gasteiger partial charge is 0.399 e. The van der Waals surface area contributed by atoms with Crippen LogP contribution in [0.15, 0.2) is 24.3 Å². The van der Waals surface area contributed by atoms with Crippen LogP contribution in [-0.4, -0.2) is 37.0 Å². The lowest BCUT2D eigenvalue weighted by Crippen LogP contribution is -2.41. The van der Waals surface area contributed by atoms with Crippen molar-refractivity contribution in [2.24, 2.45) is 5.92 Å². The number of amides is 3. The SMILES string of the molecule is CC(C)CNC(=O)CN(C)C(=O)Nc1cccc(N)c1. The molecule has 0 aliphatic heterocycles. The number of carbonyl (C=O) groups is 2. The number of benzene rings is 1. The van der Waals surface area contributed by atoms with E-state index in [4.69, 9.17) is 5.73 Å². The van der Waals surface area contributed by atoms with E-state index in [9.17, 15) is 9.59 Å². The molecule has 0 fully saturated rings. The highest BCUT2D eigenvalue weighted by molar-refractivity contribution is 5.92. The van der Waals surface area contributed by atoms with Gasteiger partial charge in [0.1, 0.15) is 6.54 Å². The highest BCUT2D eigenvalue weighted by Gasteiger charge is 2.13. The summed E-state index contributed by atoms with van der Waals surface area (Å²) in [4.78, 5) is 24.8. The minimum Gasteiger partial charge on any atom is -0.399 e. The maximum absolute atomic E-state index is 11.9. The topological polar surface area (TPSA) is 87.5 Å². The number of anilines is 2. The maximum Gasteiger partial charge on any atom is 0.322 e. The molecule has 0 aliphatic rings. The summed E-state index contributed by atoms with van der Waals surface area (Å²) in [5.41, 5.74) is 6.80. The number of hydrogen-bond donors (Lipinski definition) is 3. The van der Waals surface area contributed by atoms with Crippen LogP contribution in [0.4, 0.5) is 16.2 Å². The molecule has 0 aromatic heterocycles. The van der Waals surface area contributed by atoms with Crippen molar-refractivity contribution in [2.45, 2.75) is 13.8 Å². The van der Waals surface area contributed by atoms with Crippen LogP contribution >= 0.6 is 0 Å². The molecule has 0 spiro atoms. The van der Waals surface area contributed by atoms with Gasteiger partial charge in [-0.3, -0.25) is 4.79 Å². The van der Waals surface area contributed by atoms with Crippen LogP contribution in [0, 0.1) is 5.92 Å². The lowest BCUT2D eigenvalue weighted by molar-refractivity contribution is -0.121. The molecule has 3 amide bonds. The van der Waals surface area contributed by atoms with E-state index in [-0.39, 0.29) is 18.5 Å². The maximum atomic E-state index is 11.9. The number of nitrogens with two attached hydrogens (primary N) is 1. The second kappa shape index (κ2) is 7.37. The van der Waals surface area contributed by atoms with Crippen molar-refractivity contribution in [3.63, 3.8) is 0 Å². The first-order valence-electron chi connectivity index (χ1n) is 6.53. The molecule has 4 N–H and O–H groups in total. The zero-order valence-corrected chi connectivity index (χ0v) is 12.1. The van der Waals surface area contributed by atoms with E-state index < -0.39 is 0 Å². The third-order valence-electron chi connectivity index (χ3n) is 2.57. The van der Waals surface area contributed by atoms with E-state index in [1.165, 1.54) is 4.90 Å². The van der Waals surface area contributed by atoms with E-state index >= 15 is 0 Å². The Morgan fingerprint density at radius 1 is 1.35 bits per heavy atom. The predicted octanol–water partition coefficient (Wildman–Crippen LogP) is 1.50. The van der Waals surface area contributed by atoms with Gasteiger partial charge in [0.15, 0.2) is 0 Å². The van der Waals surface area contributed by atoms with Crippen molar-refractivity contribution in [2.75, 3.05) is 31.2 Å². The number of nitrogen functional groups attached to an aromatic ring is 1. The molecule has 0 saturated carbocycles. The van der Waals surface area contributed by atoms with Crippen molar-refractivity contribution in [1.82, 2.24) is 10.2 Å². The molecule has 0 heterocycles. The van der Waals surface area contributed by atoms with E-state index in [0.717, 1.165) is 0 Å². The molecule has 20 heavy (non-hydrogen) atoms. The Morgan fingerprint density at radius 3 is 2.65 bits per heavy atom. The van der Waals surface area contributed by atoms with Crippen LogP contribution < -0.4 is 16.4 Å². The first-order chi connectivity index (χ1) is 9.38. The van der Waals surface area contributed by atoms with Crippen molar-refractivity contribution < 1.29 is 9.59 Å². The number of carbonyl (C=O) groups excluding carboxylic acids is 2. The first-order valence-corrected chi connectivity index (χ1v) is 6.53. The van der Waals surface area contributed by atoms with E-state index in [1.807, 2.05) is 13.8 Å². The molecule has 0 unspecified atom stereocenters. The minimum atomic E-state index is -0.352. The Bertz CT molecular complexity index is 474. The van der Waals surface area contributed by atoms with Gasteiger partial charge in [0, 0.05) is 25.0 Å². The van der Waals surface area contributed by atoms with Gasteiger partial charge in [0.05, 0.1) is 0 Å². The first kappa shape index (κ1) is 15.8. The fraction of sp³-hybridized carbons (Fsp3) is 0.429. The molecule has 0 bridgehead atoms. The molecule has 0 radical (unpaired) electrons. The van der Waals surface area contributed by atoms with E-state index in [0.29, 0.717) is 23.8 Å². The number of rotatable bonds is 5. The number of likely N-dealkylation sites (N-methyl/N-ethyl adjacent to an activating group) is 1. The number of nitrogens with one attached hydrogen (secondary N) is 2. The molecule has 1 rings (SSSR count). The fourth-order valence-electron chi connectivity index (χ4n) is 1.50. The summed E-state index contributed by atoms with van der Waals surface area (Å²) >= 11 is 0. The highest BCUT2D eigenvalue weighted by atomic mass is 16.2. The Hall–Kier alpha value is -2.24. The second-order valence-corrected chi connectivity index (χ2v) is 5.11. The van der Waals surface area contributed by atoms with Gasteiger partial charge in [0.2, 0.25) is 5.91 Å². The molecule has 6 nitrogen and oxygen atoms in total.